The minimum Gasteiger partial charge on any atom is -0.464 e. The van der Waals surface area contributed by atoms with Crippen molar-refractivity contribution in [3.63, 3.8) is 0 Å². The van der Waals surface area contributed by atoms with E-state index in [1.807, 2.05) is 0 Å². The van der Waals surface area contributed by atoms with Crippen LogP contribution < -0.4 is 0 Å². The number of carbonyl (C=O) groups is 3. The molecule has 2 rings (SSSR count). The Kier molecular flexibility index (Phi) is 6.17. The van der Waals surface area contributed by atoms with Crippen LogP contribution in [0.25, 0.3) is 0 Å². The molecule has 9 heteroatoms. The third-order valence-corrected chi connectivity index (χ3v) is 4.16. The highest BCUT2D eigenvalue weighted by Gasteiger charge is 2.64. The second-order valence-corrected chi connectivity index (χ2v) is 5.78. The predicted molar refractivity (Wildman–Crippen MR) is 91.6 cm³/mol. The standard InChI is InChI=1S/C18H21NO8/c1-4-25-16(22)15(21)14-13(12-9-7-6-8-10-12)18(11(3)20,27-19(14)24)17(23)26-5-2/h6-10,13,15,21H,4-5H2,1-3H3/t13-,15+,18+/m1/s1. The Morgan fingerprint density at radius 1 is 1.22 bits per heavy atom. The van der Waals surface area contributed by atoms with Crippen molar-refractivity contribution in [2.24, 2.45) is 0 Å². The Hall–Kier alpha value is -2.94. The average Bonchev–Trinajstić information content (AvgIpc) is 2.96. The number of aliphatic hydroxyl groups is 1. The zero-order valence-electron chi connectivity index (χ0n) is 15.2. The normalized spacial score (nSPS) is 22.7. The molecule has 0 saturated heterocycles. The lowest BCUT2D eigenvalue weighted by molar-refractivity contribution is -0.745. The molecule has 3 atom stereocenters. The molecule has 0 radical (unpaired) electrons. The first kappa shape index (κ1) is 20.4. The number of esters is 2. The molecule has 0 aromatic heterocycles. The van der Waals surface area contributed by atoms with Crippen LogP contribution in [0.15, 0.2) is 30.3 Å². The second kappa shape index (κ2) is 8.17. The zero-order valence-corrected chi connectivity index (χ0v) is 15.2. The van der Waals surface area contributed by atoms with Crippen molar-refractivity contribution >= 4 is 23.4 Å². The lowest BCUT2D eigenvalue weighted by atomic mass is 9.75. The number of carbonyl (C=O) groups excluding carboxylic acids is 3. The molecule has 9 nitrogen and oxygen atoms in total. The van der Waals surface area contributed by atoms with Gasteiger partial charge < -0.3 is 19.4 Å². The Balaban J connectivity index is 2.66. The molecular weight excluding hydrogens is 358 g/mol. The van der Waals surface area contributed by atoms with E-state index >= 15 is 0 Å². The number of nitrogens with zero attached hydrogens (tertiary/aromatic N) is 1. The summed E-state index contributed by atoms with van der Waals surface area (Å²) in [7, 11) is 0. The maximum Gasteiger partial charge on any atom is 0.346 e. The van der Waals surface area contributed by atoms with Gasteiger partial charge in [0.05, 0.1) is 13.2 Å². The van der Waals surface area contributed by atoms with Gasteiger partial charge in [-0.2, -0.15) is 0 Å². The summed E-state index contributed by atoms with van der Waals surface area (Å²) in [5.74, 6) is -4.35. The lowest BCUT2D eigenvalue weighted by Crippen LogP contribution is -2.53. The number of aliphatic hydroxyl groups excluding tert-OH is 1. The van der Waals surface area contributed by atoms with Crippen LogP contribution in [0, 0.1) is 5.21 Å². The van der Waals surface area contributed by atoms with E-state index in [4.69, 9.17) is 14.3 Å². The van der Waals surface area contributed by atoms with Gasteiger partial charge >= 0.3 is 11.9 Å². The lowest BCUT2D eigenvalue weighted by Gasteiger charge is -2.30. The quantitative estimate of drug-likeness (QED) is 0.412. The zero-order chi connectivity index (χ0) is 20.2. The van der Waals surface area contributed by atoms with Crippen molar-refractivity contribution in [2.75, 3.05) is 13.2 Å². The number of Topliss-reactive ketones (excluding diaryl/α,β-unsaturated/α-hetero) is 1. The molecule has 0 spiro atoms. The van der Waals surface area contributed by atoms with Crippen molar-refractivity contribution in [1.82, 2.24) is 0 Å². The Morgan fingerprint density at radius 2 is 1.81 bits per heavy atom. The van der Waals surface area contributed by atoms with Gasteiger partial charge in [0, 0.05) is 4.90 Å². The van der Waals surface area contributed by atoms with Crippen LogP contribution >= 0.6 is 0 Å². The Labute approximate surface area is 155 Å². The van der Waals surface area contributed by atoms with E-state index in [0.717, 1.165) is 6.92 Å². The molecule has 1 aliphatic rings. The summed E-state index contributed by atoms with van der Waals surface area (Å²) < 4.78 is 9.72. The fourth-order valence-electron chi connectivity index (χ4n) is 3.01. The van der Waals surface area contributed by atoms with Gasteiger partial charge in [-0.1, -0.05) is 30.3 Å². The molecule has 1 aromatic rings. The summed E-state index contributed by atoms with van der Waals surface area (Å²) in [5, 5.41) is 22.8. The van der Waals surface area contributed by atoms with Crippen LogP contribution in [0.1, 0.15) is 32.3 Å². The van der Waals surface area contributed by atoms with Crippen LogP contribution in [-0.2, 0) is 28.7 Å². The molecule has 0 unspecified atom stereocenters. The molecule has 0 aliphatic carbocycles. The molecule has 0 fully saturated rings. The van der Waals surface area contributed by atoms with Crippen LogP contribution in [0.5, 0.6) is 0 Å². The van der Waals surface area contributed by atoms with Crippen LogP contribution in [0.4, 0.5) is 0 Å². The third kappa shape index (κ3) is 3.50. The molecule has 146 valence electrons. The summed E-state index contributed by atoms with van der Waals surface area (Å²) in [4.78, 5) is 42.1. The first-order chi connectivity index (χ1) is 12.8. The van der Waals surface area contributed by atoms with Crippen molar-refractivity contribution < 1.29 is 38.7 Å². The summed E-state index contributed by atoms with van der Waals surface area (Å²) in [6, 6.07) is 8.01. The van der Waals surface area contributed by atoms with Gasteiger partial charge in [-0.3, -0.25) is 10.0 Å². The summed E-state index contributed by atoms with van der Waals surface area (Å²) in [5.41, 5.74) is -2.57. The fraction of sp³-hybridized carbons (Fsp3) is 0.444. The molecular formula is C18H21NO8. The van der Waals surface area contributed by atoms with Gasteiger partial charge in [-0.25, -0.2) is 9.59 Å². The van der Waals surface area contributed by atoms with E-state index in [1.54, 1.807) is 30.3 Å². The summed E-state index contributed by atoms with van der Waals surface area (Å²) in [6.07, 6.45) is -2.02. The van der Waals surface area contributed by atoms with Crippen molar-refractivity contribution in [3.8, 4) is 0 Å². The maximum atomic E-state index is 12.7. The number of benzene rings is 1. The maximum absolute atomic E-state index is 12.7. The van der Waals surface area contributed by atoms with Crippen molar-refractivity contribution in [3.05, 3.63) is 41.1 Å². The molecule has 1 heterocycles. The van der Waals surface area contributed by atoms with Gasteiger partial charge in [0.1, 0.15) is 5.92 Å². The minimum atomic E-state index is -2.36. The number of ether oxygens (including phenoxy) is 2. The fourth-order valence-corrected chi connectivity index (χ4v) is 3.01. The van der Waals surface area contributed by atoms with Gasteiger partial charge in [0.25, 0.3) is 5.71 Å². The molecule has 0 saturated carbocycles. The molecule has 0 amide bonds. The van der Waals surface area contributed by atoms with E-state index < -0.39 is 41.1 Å². The van der Waals surface area contributed by atoms with Gasteiger partial charge in [0.2, 0.25) is 11.7 Å². The molecule has 1 aromatic carbocycles. The van der Waals surface area contributed by atoms with E-state index in [0.29, 0.717) is 5.56 Å². The Bertz CT molecular complexity index is 760. The molecule has 0 bridgehead atoms. The van der Waals surface area contributed by atoms with Gasteiger partial charge in [-0.15, -0.1) is 0 Å². The summed E-state index contributed by atoms with van der Waals surface area (Å²) in [6.45, 7) is 4.04. The second-order valence-electron chi connectivity index (χ2n) is 5.78. The monoisotopic (exact) mass is 379 g/mol. The number of rotatable bonds is 7. The number of hydrogen-bond acceptors (Lipinski definition) is 8. The Morgan fingerprint density at radius 3 is 2.33 bits per heavy atom. The van der Waals surface area contributed by atoms with Crippen LogP contribution in [0.2, 0.25) is 0 Å². The molecule has 27 heavy (non-hydrogen) atoms. The first-order valence-corrected chi connectivity index (χ1v) is 8.42. The van der Waals surface area contributed by atoms with E-state index in [9.17, 15) is 24.7 Å². The highest BCUT2D eigenvalue weighted by molar-refractivity contribution is 6.17. The third-order valence-electron chi connectivity index (χ3n) is 4.16. The predicted octanol–water partition coefficient (Wildman–Crippen LogP) is 0.482. The SMILES string of the molecule is CCOC(=O)[C@@H](O)C1=[N+]([O-])O[C@](C(C)=O)(C(=O)OCC)[C@@H]1c1ccccc1. The minimum absolute atomic E-state index is 0.0331. The highest BCUT2D eigenvalue weighted by atomic mass is 16.9. The van der Waals surface area contributed by atoms with Gasteiger partial charge in [-0.05, 0) is 26.3 Å². The largest absolute Gasteiger partial charge is 0.464 e. The molecule has 1 aliphatic heterocycles. The number of ketones is 1. The van der Waals surface area contributed by atoms with Gasteiger partial charge in [0.15, 0.2) is 5.78 Å². The van der Waals surface area contributed by atoms with E-state index in [2.05, 4.69) is 0 Å². The first-order valence-electron chi connectivity index (χ1n) is 8.42. The smallest absolute Gasteiger partial charge is 0.346 e. The van der Waals surface area contributed by atoms with Crippen molar-refractivity contribution in [2.45, 2.75) is 38.4 Å². The number of hydrogen-bond donors (Lipinski definition) is 1. The average molecular weight is 379 g/mol. The van der Waals surface area contributed by atoms with E-state index in [-0.39, 0.29) is 18.1 Å². The molecule has 1 N–H and O–H groups in total. The summed E-state index contributed by atoms with van der Waals surface area (Å²) >= 11 is 0. The van der Waals surface area contributed by atoms with Crippen LogP contribution in [0.3, 0.4) is 0 Å². The van der Waals surface area contributed by atoms with E-state index in [1.165, 1.54) is 13.8 Å². The highest BCUT2D eigenvalue weighted by Crippen LogP contribution is 2.41. The topological polar surface area (TPSA) is 125 Å². The van der Waals surface area contributed by atoms with Crippen LogP contribution in [-0.4, -0.2) is 58.4 Å². The van der Waals surface area contributed by atoms with Crippen molar-refractivity contribution in [1.29, 1.82) is 0 Å².